The van der Waals surface area contributed by atoms with Crippen LogP contribution in [0.3, 0.4) is 0 Å². The molecule has 0 fully saturated rings. The maximum atomic E-state index is 12.9. The van der Waals surface area contributed by atoms with Gasteiger partial charge in [0, 0.05) is 0 Å². The third-order valence-corrected chi connectivity index (χ3v) is 4.52. The van der Waals surface area contributed by atoms with Crippen molar-refractivity contribution in [2.24, 2.45) is 5.92 Å². The lowest BCUT2D eigenvalue weighted by Crippen LogP contribution is -2.55. The van der Waals surface area contributed by atoms with E-state index in [9.17, 15) is 19.2 Å². The normalized spacial score (nSPS) is 13.8. The van der Waals surface area contributed by atoms with E-state index in [4.69, 9.17) is 9.47 Å². The van der Waals surface area contributed by atoms with E-state index in [2.05, 4.69) is 15.4 Å². The molecule has 0 saturated carbocycles. The van der Waals surface area contributed by atoms with Gasteiger partial charge in [-0.3, -0.25) is 14.4 Å². The van der Waals surface area contributed by atoms with Gasteiger partial charge in [-0.15, -0.1) is 0 Å². The van der Waals surface area contributed by atoms with Crippen molar-refractivity contribution in [2.75, 3.05) is 13.7 Å². The fourth-order valence-electron chi connectivity index (χ4n) is 2.62. The van der Waals surface area contributed by atoms with Gasteiger partial charge in [-0.25, -0.2) is 4.79 Å². The van der Waals surface area contributed by atoms with Gasteiger partial charge in [-0.2, -0.15) is 0 Å². The Morgan fingerprint density at radius 1 is 1.06 bits per heavy atom. The maximum absolute atomic E-state index is 12.9. The number of nitrogens with one attached hydrogen (secondary N) is 2. The molecule has 1 aromatic rings. The molecule has 2 N–H and O–H groups in total. The van der Waals surface area contributed by atoms with Crippen molar-refractivity contribution in [2.45, 2.75) is 65.2 Å². The predicted molar refractivity (Wildman–Crippen MR) is 118 cm³/mol. The molecule has 9 heteroatoms. The Kier molecular flexibility index (Phi) is 10.7. The highest BCUT2D eigenvalue weighted by Gasteiger charge is 2.35. The SMILES string of the molecule is CCC(C)C(=O)OC(C(=O)NCC(=O)OC)[C@H](Cc1ccccc1)NC(=O)OC(C)(C)C. The molecule has 0 radical (unpaired) electrons. The Hall–Kier alpha value is -3.10. The van der Waals surface area contributed by atoms with Gasteiger partial charge in [-0.1, -0.05) is 44.2 Å². The molecule has 0 saturated heterocycles. The number of carbonyl (C=O) groups is 4. The largest absolute Gasteiger partial charge is 0.468 e. The summed E-state index contributed by atoms with van der Waals surface area (Å²) < 4.78 is 15.4. The highest BCUT2D eigenvalue weighted by atomic mass is 16.6. The summed E-state index contributed by atoms with van der Waals surface area (Å²) in [5.74, 6) is -2.44. The third-order valence-electron chi connectivity index (χ3n) is 4.52. The minimum Gasteiger partial charge on any atom is -0.468 e. The van der Waals surface area contributed by atoms with Gasteiger partial charge in [0.1, 0.15) is 12.1 Å². The lowest BCUT2D eigenvalue weighted by Gasteiger charge is -2.29. The molecule has 0 aliphatic rings. The molecule has 1 rings (SSSR count). The molecule has 0 aliphatic carbocycles. The van der Waals surface area contributed by atoms with Gasteiger partial charge in [0.05, 0.1) is 19.1 Å². The van der Waals surface area contributed by atoms with Gasteiger partial charge >= 0.3 is 18.0 Å². The zero-order valence-corrected chi connectivity index (χ0v) is 19.6. The van der Waals surface area contributed by atoms with E-state index in [1.165, 1.54) is 7.11 Å². The van der Waals surface area contributed by atoms with Crippen LogP contribution in [-0.2, 0) is 35.0 Å². The highest BCUT2D eigenvalue weighted by Crippen LogP contribution is 2.15. The maximum Gasteiger partial charge on any atom is 0.408 e. The molecule has 0 aromatic heterocycles. The summed E-state index contributed by atoms with van der Waals surface area (Å²) in [7, 11) is 1.19. The van der Waals surface area contributed by atoms with Crippen molar-refractivity contribution >= 4 is 23.9 Å². The van der Waals surface area contributed by atoms with E-state index in [1.54, 1.807) is 27.7 Å². The zero-order chi connectivity index (χ0) is 24.3. The van der Waals surface area contributed by atoms with Crippen LogP contribution in [0.2, 0.25) is 0 Å². The lowest BCUT2D eigenvalue weighted by atomic mass is 10.00. The molecule has 178 valence electrons. The van der Waals surface area contributed by atoms with E-state index in [-0.39, 0.29) is 6.42 Å². The van der Waals surface area contributed by atoms with Crippen LogP contribution < -0.4 is 10.6 Å². The van der Waals surface area contributed by atoms with E-state index in [0.717, 1.165) is 5.56 Å². The molecular formula is C23H34N2O7. The van der Waals surface area contributed by atoms with Crippen LogP contribution in [0.4, 0.5) is 4.79 Å². The van der Waals surface area contributed by atoms with E-state index in [1.807, 2.05) is 37.3 Å². The minimum atomic E-state index is -1.39. The molecule has 0 heterocycles. The van der Waals surface area contributed by atoms with Gasteiger partial charge in [0.25, 0.3) is 5.91 Å². The molecule has 1 aromatic carbocycles. The molecular weight excluding hydrogens is 416 g/mol. The minimum absolute atomic E-state index is 0.185. The number of hydrogen-bond donors (Lipinski definition) is 2. The molecule has 2 unspecified atom stereocenters. The number of methoxy groups -OCH3 is 1. The number of carbonyl (C=O) groups excluding carboxylic acids is 4. The van der Waals surface area contributed by atoms with Gasteiger partial charge < -0.3 is 24.8 Å². The van der Waals surface area contributed by atoms with E-state index >= 15 is 0 Å². The molecule has 0 spiro atoms. The fraction of sp³-hybridized carbons (Fsp3) is 0.565. The molecule has 9 nitrogen and oxygen atoms in total. The number of amides is 2. The lowest BCUT2D eigenvalue weighted by molar-refractivity contribution is -0.161. The topological polar surface area (TPSA) is 120 Å². The quantitative estimate of drug-likeness (QED) is 0.415. The highest BCUT2D eigenvalue weighted by molar-refractivity contribution is 5.88. The second-order valence-electron chi connectivity index (χ2n) is 8.40. The number of hydrogen-bond acceptors (Lipinski definition) is 7. The van der Waals surface area contributed by atoms with Gasteiger partial charge in [0.15, 0.2) is 0 Å². The first-order valence-electron chi connectivity index (χ1n) is 10.5. The van der Waals surface area contributed by atoms with Crippen LogP contribution in [0.5, 0.6) is 0 Å². The molecule has 0 aliphatic heterocycles. The molecule has 32 heavy (non-hydrogen) atoms. The second kappa shape index (κ2) is 12.7. The summed E-state index contributed by atoms with van der Waals surface area (Å²) in [6.07, 6.45) is -1.46. The van der Waals surface area contributed by atoms with Crippen molar-refractivity contribution in [1.29, 1.82) is 0 Å². The summed E-state index contributed by atoms with van der Waals surface area (Å²) >= 11 is 0. The summed E-state index contributed by atoms with van der Waals surface area (Å²) in [4.78, 5) is 49.4. The van der Waals surface area contributed by atoms with Crippen LogP contribution in [-0.4, -0.2) is 55.3 Å². The first-order chi connectivity index (χ1) is 15.0. The van der Waals surface area contributed by atoms with Crippen molar-refractivity contribution in [3.05, 3.63) is 35.9 Å². The molecule has 0 bridgehead atoms. The number of esters is 2. The smallest absolute Gasteiger partial charge is 0.408 e. The number of alkyl carbamates (subject to hydrolysis) is 1. The van der Waals surface area contributed by atoms with E-state index in [0.29, 0.717) is 6.42 Å². The van der Waals surface area contributed by atoms with E-state index < -0.39 is 54.1 Å². The molecule has 3 atom stereocenters. The number of rotatable bonds is 10. The Bertz CT molecular complexity index is 774. The monoisotopic (exact) mass is 450 g/mol. The average molecular weight is 451 g/mol. The Labute approximate surface area is 189 Å². The fourth-order valence-corrected chi connectivity index (χ4v) is 2.62. The van der Waals surface area contributed by atoms with Crippen LogP contribution in [0.25, 0.3) is 0 Å². The third kappa shape index (κ3) is 9.80. The summed E-state index contributed by atoms with van der Waals surface area (Å²) in [5, 5.41) is 5.05. The second-order valence-corrected chi connectivity index (χ2v) is 8.40. The van der Waals surface area contributed by atoms with Crippen LogP contribution in [0.1, 0.15) is 46.6 Å². The first-order valence-corrected chi connectivity index (χ1v) is 10.5. The van der Waals surface area contributed by atoms with Crippen LogP contribution in [0.15, 0.2) is 30.3 Å². The van der Waals surface area contributed by atoms with Crippen molar-refractivity contribution in [1.82, 2.24) is 10.6 Å². The van der Waals surface area contributed by atoms with Crippen molar-refractivity contribution in [3.8, 4) is 0 Å². The molecule has 2 amide bonds. The van der Waals surface area contributed by atoms with Crippen LogP contribution in [0, 0.1) is 5.92 Å². The van der Waals surface area contributed by atoms with Crippen molar-refractivity contribution in [3.63, 3.8) is 0 Å². The summed E-state index contributed by atoms with van der Waals surface area (Å²) in [6.45, 7) is 8.22. The predicted octanol–water partition coefficient (Wildman–Crippen LogP) is 2.37. The van der Waals surface area contributed by atoms with Crippen LogP contribution >= 0.6 is 0 Å². The van der Waals surface area contributed by atoms with Crippen molar-refractivity contribution < 1.29 is 33.4 Å². The number of benzene rings is 1. The number of ether oxygens (including phenoxy) is 3. The Balaban J connectivity index is 3.21. The Morgan fingerprint density at radius 2 is 1.69 bits per heavy atom. The average Bonchev–Trinajstić information content (AvgIpc) is 2.73. The standard InChI is InChI=1S/C23H34N2O7/c1-7-15(2)21(28)31-19(20(27)24-14-18(26)30-6)17(13-16-11-9-8-10-12-16)25-22(29)32-23(3,4)5/h8-12,15,17,19H,7,13-14H2,1-6H3,(H,24,27)(H,25,29)/t15?,17-,19?/m0/s1. The first kappa shape index (κ1) is 26.9. The summed E-state index contributed by atoms with van der Waals surface area (Å²) in [5.41, 5.74) is 0.0381. The summed E-state index contributed by atoms with van der Waals surface area (Å²) in [6, 6.07) is 8.17. The van der Waals surface area contributed by atoms with Gasteiger partial charge in [-0.05, 0) is 39.2 Å². The zero-order valence-electron chi connectivity index (χ0n) is 19.6. The Morgan fingerprint density at radius 3 is 2.22 bits per heavy atom. The van der Waals surface area contributed by atoms with Gasteiger partial charge in [0.2, 0.25) is 6.10 Å².